The average molecular weight is 225 g/mol. The fraction of sp³-hybridized carbons (Fsp3) is 0.538. The van der Waals surface area contributed by atoms with Crippen molar-refractivity contribution in [3.05, 3.63) is 29.6 Å². The molecule has 86 valence electrons. The molecule has 1 fully saturated rings. The summed E-state index contributed by atoms with van der Waals surface area (Å²) >= 11 is 0. The zero-order valence-electron chi connectivity index (χ0n) is 10.1. The van der Waals surface area contributed by atoms with Gasteiger partial charge in [0, 0.05) is 18.4 Å². The average Bonchev–Trinajstić information content (AvgIpc) is 2.73. The third kappa shape index (κ3) is 2.35. The van der Waals surface area contributed by atoms with Crippen LogP contribution in [0.15, 0.2) is 18.5 Å². The second-order valence-electron chi connectivity index (χ2n) is 4.72. The number of fused-ring (bicyclic) bond motifs is 3. The van der Waals surface area contributed by atoms with E-state index < -0.39 is 0 Å². The van der Waals surface area contributed by atoms with E-state index >= 15 is 0 Å². The predicted molar refractivity (Wildman–Crippen MR) is 67.4 cm³/mol. The number of likely N-dealkylation sites (tertiary alicyclic amines) is 1. The van der Waals surface area contributed by atoms with Crippen molar-refractivity contribution in [2.24, 2.45) is 5.92 Å². The van der Waals surface area contributed by atoms with Crippen LogP contribution in [0.4, 0.5) is 0 Å². The quantitative estimate of drug-likeness (QED) is 0.630. The summed E-state index contributed by atoms with van der Waals surface area (Å²) in [6.07, 6.45) is 8.00. The van der Waals surface area contributed by atoms with E-state index in [9.17, 15) is 0 Å². The van der Waals surface area contributed by atoms with Crippen LogP contribution < -0.4 is 0 Å². The lowest BCUT2D eigenvalue weighted by molar-refractivity contribution is 0.256. The first kappa shape index (κ1) is 12.1. The Labute approximate surface area is 104 Å². The highest BCUT2D eigenvalue weighted by molar-refractivity contribution is 6.20. The van der Waals surface area contributed by atoms with Gasteiger partial charge >= 0.3 is 0 Å². The van der Waals surface area contributed by atoms with Gasteiger partial charge in [-0.3, -0.25) is 9.88 Å². The molecule has 0 bridgehead atoms. The van der Waals surface area contributed by atoms with E-state index in [0.717, 1.165) is 5.92 Å². The topological polar surface area (TPSA) is 39.9 Å². The Bertz CT molecular complexity index is 427. The summed E-state index contributed by atoms with van der Waals surface area (Å²) in [5.41, 5.74) is 3.01. The first-order chi connectivity index (χ1) is 8.27. The number of hydrogen-bond acceptors (Lipinski definition) is 3. The molecule has 4 heteroatoms. The van der Waals surface area contributed by atoms with E-state index in [-0.39, 0.29) is 0 Å². The second kappa shape index (κ2) is 5.33. The number of nitriles is 1. The molecule has 2 atom stereocenters. The van der Waals surface area contributed by atoms with Gasteiger partial charge in [-0.2, -0.15) is 0 Å². The first-order valence-electron chi connectivity index (χ1n) is 6.00. The number of nitrogens with zero attached hydrogens (tertiary/aromatic N) is 3. The third-order valence-corrected chi connectivity index (χ3v) is 3.82. The van der Waals surface area contributed by atoms with Crippen LogP contribution >= 0.6 is 0 Å². The van der Waals surface area contributed by atoms with Gasteiger partial charge in [-0.05, 0) is 61.9 Å². The van der Waals surface area contributed by atoms with Crippen molar-refractivity contribution >= 4 is 7.85 Å². The Hall–Kier alpha value is -1.34. The Kier molecular flexibility index (Phi) is 3.80. The largest absolute Gasteiger partial charge is 0.299 e. The monoisotopic (exact) mass is 225 g/mol. The van der Waals surface area contributed by atoms with Gasteiger partial charge in [0.25, 0.3) is 0 Å². The molecule has 1 aliphatic carbocycles. The van der Waals surface area contributed by atoms with E-state index in [1.54, 1.807) is 0 Å². The number of aromatic nitrogens is 1. The van der Waals surface area contributed by atoms with Crippen LogP contribution in [0.1, 0.15) is 30.0 Å². The molecule has 1 saturated heterocycles. The summed E-state index contributed by atoms with van der Waals surface area (Å²) in [6, 6.07) is 2.85. The zero-order chi connectivity index (χ0) is 12.3. The van der Waals surface area contributed by atoms with Crippen molar-refractivity contribution in [2.45, 2.75) is 25.3 Å². The van der Waals surface area contributed by atoms with Gasteiger partial charge in [0.15, 0.2) is 0 Å². The van der Waals surface area contributed by atoms with Gasteiger partial charge in [0.2, 0.25) is 7.85 Å². The Morgan fingerprint density at radius 3 is 3.06 bits per heavy atom. The lowest BCUT2D eigenvalue weighted by atomic mass is 9.81. The van der Waals surface area contributed by atoms with Crippen LogP contribution in [0.2, 0.25) is 0 Å². The summed E-state index contributed by atoms with van der Waals surface area (Å²) in [6.45, 7) is 1.25. The summed E-state index contributed by atoms with van der Waals surface area (Å²) in [5.74, 6) is 2.14. The number of hydrogen-bond donors (Lipinski definition) is 0. The minimum Gasteiger partial charge on any atom is -0.299 e. The van der Waals surface area contributed by atoms with Gasteiger partial charge in [0.05, 0.1) is 0 Å². The van der Waals surface area contributed by atoms with E-state index in [1.165, 1.54) is 42.9 Å². The molecule has 2 aliphatic rings. The van der Waals surface area contributed by atoms with Crippen molar-refractivity contribution in [3.63, 3.8) is 0 Å². The third-order valence-electron chi connectivity index (χ3n) is 3.82. The minimum atomic E-state index is 0.660. The maximum atomic E-state index is 7.10. The van der Waals surface area contributed by atoms with Gasteiger partial charge in [-0.1, -0.05) is 0 Å². The van der Waals surface area contributed by atoms with E-state index in [2.05, 4.69) is 37.0 Å². The number of aryl methyl sites for hydroxylation is 1. The molecular formula is C13H16BN3. The molecule has 3 nitrogen and oxygen atoms in total. The van der Waals surface area contributed by atoms with E-state index in [0.29, 0.717) is 6.04 Å². The maximum Gasteiger partial charge on any atom is 0.229 e. The predicted octanol–water partition coefficient (Wildman–Crippen LogP) is 1.66. The highest BCUT2D eigenvalue weighted by Crippen LogP contribution is 2.43. The lowest BCUT2D eigenvalue weighted by Gasteiger charge is -2.31. The van der Waals surface area contributed by atoms with Crippen LogP contribution in [-0.4, -0.2) is 31.3 Å². The molecule has 2 radical (unpaired) electrons. The van der Waals surface area contributed by atoms with Crippen molar-refractivity contribution in [1.29, 1.82) is 5.26 Å². The zero-order valence-corrected chi connectivity index (χ0v) is 10.1. The smallest absolute Gasteiger partial charge is 0.229 e. The fourth-order valence-electron chi connectivity index (χ4n) is 3.09. The second-order valence-corrected chi connectivity index (χ2v) is 4.72. The molecule has 0 spiro atoms. The van der Waals surface area contributed by atoms with Crippen molar-refractivity contribution in [3.8, 4) is 5.97 Å². The van der Waals surface area contributed by atoms with Crippen molar-refractivity contribution in [2.75, 3.05) is 13.6 Å². The van der Waals surface area contributed by atoms with Crippen molar-refractivity contribution < 1.29 is 0 Å². The Morgan fingerprint density at radius 2 is 2.29 bits per heavy atom. The van der Waals surface area contributed by atoms with Crippen LogP contribution in [0.3, 0.4) is 0 Å². The molecule has 1 aliphatic heterocycles. The van der Waals surface area contributed by atoms with E-state index in [4.69, 9.17) is 5.26 Å². The first-order valence-corrected chi connectivity index (χ1v) is 6.00. The molecule has 3 rings (SSSR count). The summed E-state index contributed by atoms with van der Waals surface area (Å²) in [5, 5.41) is 7.10. The fourth-order valence-corrected chi connectivity index (χ4v) is 3.09. The molecule has 2 heterocycles. The van der Waals surface area contributed by atoms with Crippen LogP contribution in [0.25, 0.3) is 0 Å². The Morgan fingerprint density at radius 1 is 1.53 bits per heavy atom. The summed E-state index contributed by atoms with van der Waals surface area (Å²) < 4.78 is 0. The molecule has 0 saturated carbocycles. The van der Waals surface area contributed by atoms with Gasteiger partial charge in [-0.25, -0.2) is 5.26 Å². The number of pyridine rings is 1. The summed E-state index contributed by atoms with van der Waals surface area (Å²) in [7, 11) is 6.40. The SMILES string of the molecule is CN1CC[C@@H]2CCc3ccncc3[C@@H]21.[B]C#N. The molecule has 1 aromatic rings. The van der Waals surface area contributed by atoms with Crippen LogP contribution in [-0.2, 0) is 6.42 Å². The molecule has 0 N–H and O–H groups in total. The lowest BCUT2D eigenvalue weighted by Crippen LogP contribution is -2.25. The molecule has 0 amide bonds. The van der Waals surface area contributed by atoms with E-state index in [1.807, 2.05) is 6.20 Å². The van der Waals surface area contributed by atoms with Gasteiger partial charge in [-0.15, -0.1) is 0 Å². The normalized spacial score (nSPS) is 26.1. The highest BCUT2D eigenvalue weighted by Gasteiger charge is 2.36. The van der Waals surface area contributed by atoms with Crippen molar-refractivity contribution in [1.82, 2.24) is 9.88 Å². The molecule has 17 heavy (non-hydrogen) atoms. The highest BCUT2D eigenvalue weighted by atomic mass is 15.2. The minimum absolute atomic E-state index is 0.660. The molecule has 1 aromatic heterocycles. The van der Waals surface area contributed by atoms with Gasteiger partial charge < -0.3 is 0 Å². The molecule has 0 aromatic carbocycles. The molecular weight excluding hydrogens is 209 g/mol. The maximum absolute atomic E-state index is 7.10. The number of rotatable bonds is 0. The Balaban J connectivity index is 0.000000329. The molecule has 0 unspecified atom stereocenters. The summed E-state index contributed by atoms with van der Waals surface area (Å²) in [4.78, 5) is 6.76. The standard InChI is InChI=1S/C12H16N2.CBN/c1-14-7-5-10-3-2-9-4-6-13-8-11(9)12(10)14;2-1-3/h4,6,8,10,12H,2-3,5,7H2,1H3;/t10-,12+;/m0./s1. The van der Waals surface area contributed by atoms with Gasteiger partial charge in [0.1, 0.15) is 0 Å². The van der Waals surface area contributed by atoms with Crippen LogP contribution in [0, 0.1) is 17.1 Å². The van der Waals surface area contributed by atoms with Crippen LogP contribution in [0.5, 0.6) is 0 Å².